The molecule has 1 heterocycles. The van der Waals surface area contributed by atoms with Crippen molar-refractivity contribution in [3.8, 4) is 11.5 Å². The highest BCUT2D eigenvalue weighted by molar-refractivity contribution is 5.94. The summed E-state index contributed by atoms with van der Waals surface area (Å²) in [6.45, 7) is 5.66. The van der Waals surface area contributed by atoms with Crippen LogP contribution in [0.4, 0.5) is 0 Å². The lowest BCUT2D eigenvalue weighted by atomic mass is 10.1. The lowest BCUT2D eigenvalue weighted by Crippen LogP contribution is -2.07. The maximum Gasteiger partial charge on any atom is 0.204 e. The van der Waals surface area contributed by atoms with Gasteiger partial charge in [0.2, 0.25) is 5.43 Å². The van der Waals surface area contributed by atoms with Crippen LogP contribution < -0.4 is 10.2 Å². The third kappa shape index (κ3) is 2.23. The molecule has 4 heteroatoms. The number of aryl methyl sites for hydroxylation is 1. The van der Waals surface area contributed by atoms with Gasteiger partial charge in [-0.05, 0) is 32.4 Å². The molecule has 0 saturated carbocycles. The van der Waals surface area contributed by atoms with Gasteiger partial charge in [-0.3, -0.25) is 4.79 Å². The molecule has 1 N–H and O–H groups in total. The Morgan fingerprint density at radius 2 is 2.00 bits per heavy atom. The van der Waals surface area contributed by atoms with Crippen LogP contribution in [0.2, 0.25) is 0 Å². The Morgan fingerprint density at radius 1 is 1.24 bits per heavy atom. The molecular weight excluding hydrogens is 268 g/mol. The monoisotopic (exact) mass is 284 g/mol. The second kappa shape index (κ2) is 4.81. The Balaban J connectivity index is 2.40. The number of aromatic hydroxyl groups is 1. The van der Waals surface area contributed by atoms with Crippen LogP contribution in [0.3, 0.4) is 0 Å². The van der Waals surface area contributed by atoms with Gasteiger partial charge >= 0.3 is 0 Å². The quantitative estimate of drug-likeness (QED) is 0.728. The molecule has 1 aromatic heterocycles. The van der Waals surface area contributed by atoms with E-state index in [0.717, 1.165) is 5.56 Å². The fraction of sp³-hybridized carbons (Fsp3) is 0.235. The summed E-state index contributed by atoms with van der Waals surface area (Å²) in [6, 6.07) is 8.47. The van der Waals surface area contributed by atoms with Gasteiger partial charge in [0.05, 0.1) is 11.5 Å². The second-order valence-electron chi connectivity index (χ2n) is 5.36. The topological polar surface area (TPSA) is 59.7 Å². The molecule has 0 atom stereocenters. The summed E-state index contributed by atoms with van der Waals surface area (Å²) < 4.78 is 11.4. The zero-order valence-electron chi connectivity index (χ0n) is 12.1. The van der Waals surface area contributed by atoms with Gasteiger partial charge in [-0.2, -0.15) is 0 Å². The maximum atomic E-state index is 12.5. The number of rotatable bonds is 2. The summed E-state index contributed by atoms with van der Waals surface area (Å²) in [7, 11) is 0. The minimum absolute atomic E-state index is 0.0317. The molecule has 3 aromatic rings. The van der Waals surface area contributed by atoms with Crippen molar-refractivity contribution in [3.05, 3.63) is 46.1 Å². The van der Waals surface area contributed by atoms with Crippen molar-refractivity contribution in [2.75, 3.05) is 0 Å². The van der Waals surface area contributed by atoms with Gasteiger partial charge in [0.25, 0.3) is 0 Å². The van der Waals surface area contributed by atoms with Crippen LogP contribution in [0, 0.1) is 6.92 Å². The molecule has 0 bridgehead atoms. The van der Waals surface area contributed by atoms with Crippen molar-refractivity contribution in [1.82, 2.24) is 0 Å². The fourth-order valence-corrected chi connectivity index (χ4v) is 2.44. The third-order valence-corrected chi connectivity index (χ3v) is 3.32. The average Bonchev–Trinajstić information content (AvgIpc) is 2.39. The van der Waals surface area contributed by atoms with E-state index in [2.05, 4.69) is 0 Å². The zero-order valence-corrected chi connectivity index (χ0v) is 12.1. The Kier molecular flexibility index (Phi) is 3.09. The summed E-state index contributed by atoms with van der Waals surface area (Å²) in [5.74, 6) is 0.353. The van der Waals surface area contributed by atoms with Gasteiger partial charge in [-0.15, -0.1) is 0 Å². The largest absolute Gasteiger partial charge is 0.507 e. The third-order valence-electron chi connectivity index (χ3n) is 3.32. The lowest BCUT2D eigenvalue weighted by molar-refractivity contribution is 0.241. The van der Waals surface area contributed by atoms with Crippen LogP contribution in [-0.4, -0.2) is 11.2 Å². The Hall–Kier alpha value is -2.49. The number of phenols is 1. The molecule has 0 aliphatic carbocycles. The molecule has 21 heavy (non-hydrogen) atoms. The SMILES string of the molecule is Cc1cccc2c(=O)c3c(O)cc(OC(C)C)cc3oc12. The lowest BCUT2D eigenvalue weighted by Gasteiger charge is -2.11. The average molecular weight is 284 g/mol. The number of para-hydroxylation sites is 1. The summed E-state index contributed by atoms with van der Waals surface area (Å²) in [5, 5.41) is 10.8. The Bertz CT molecular complexity index is 891. The van der Waals surface area contributed by atoms with E-state index in [9.17, 15) is 9.90 Å². The molecule has 2 aromatic carbocycles. The van der Waals surface area contributed by atoms with E-state index in [4.69, 9.17) is 9.15 Å². The Labute approximate surface area is 121 Å². The van der Waals surface area contributed by atoms with Crippen LogP contribution >= 0.6 is 0 Å². The highest BCUT2D eigenvalue weighted by atomic mass is 16.5. The predicted octanol–water partition coefficient (Wildman–Crippen LogP) is 3.75. The van der Waals surface area contributed by atoms with Crippen molar-refractivity contribution >= 4 is 21.9 Å². The highest BCUT2D eigenvalue weighted by Crippen LogP contribution is 2.31. The summed E-state index contributed by atoms with van der Waals surface area (Å²) in [4.78, 5) is 12.5. The molecule has 0 amide bonds. The van der Waals surface area contributed by atoms with E-state index in [-0.39, 0.29) is 22.7 Å². The smallest absolute Gasteiger partial charge is 0.204 e. The summed E-state index contributed by atoms with van der Waals surface area (Å²) >= 11 is 0. The Morgan fingerprint density at radius 3 is 2.71 bits per heavy atom. The fourth-order valence-electron chi connectivity index (χ4n) is 2.44. The first-order valence-electron chi connectivity index (χ1n) is 6.83. The van der Waals surface area contributed by atoms with E-state index in [1.807, 2.05) is 26.8 Å². The summed E-state index contributed by atoms with van der Waals surface area (Å²) in [5.41, 5.74) is 1.51. The van der Waals surface area contributed by atoms with Crippen LogP contribution in [0.15, 0.2) is 39.5 Å². The molecule has 0 aliphatic rings. The summed E-state index contributed by atoms with van der Waals surface area (Å²) in [6.07, 6.45) is -0.0317. The first-order valence-corrected chi connectivity index (χ1v) is 6.83. The first kappa shape index (κ1) is 13.5. The molecule has 4 nitrogen and oxygen atoms in total. The number of fused-ring (bicyclic) bond motifs is 2. The van der Waals surface area contributed by atoms with Gasteiger partial charge in [-0.25, -0.2) is 0 Å². The van der Waals surface area contributed by atoms with E-state index >= 15 is 0 Å². The number of hydrogen-bond donors (Lipinski definition) is 1. The number of phenolic OH excluding ortho intramolecular Hbond substituents is 1. The molecule has 0 spiro atoms. The van der Waals surface area contributed by atoms with E-state index in [0.29, 0.717) is 22.3 Å². The predicted molar refractivity (Wildman–Crippen MR) is 82.2 cm³/mol. The minimum Gasteiger partial charge on any atom is -0.507 e. The van der Waals surface area contributed by atoms with E-state index in [1.54, 1.807) is 18.2 Å². The molecular formula is C17H16O4. The van der Waals surface area contributed by atoms with Gasteiger partial charge < -0.3 is 14.3 Å². The van der Waals surface area contributed by atoms with E-state index in [1.165, 1.54) is 6.07 Å². The van der Waals surface area contributed by atoms with Crippen molar-refractivity contribution in [2.24, 2.45) is 0 Å². The van der Waals surface area contributed by atoms with Gasteiger partial charge in [0, 0.05) is 12.1 Å². The molecule has 0 saturated heterocycles. The van der Waals surface area contributed by atoms with Crippen LogP contribution in [0.1, 0.15) is 19.4 Å². The molecule has 0 unspecified atom stereocenters. The maximum absolute atomic E-state index is 12.5. The van der Waals surface area contributed by atoms with Crippen LogP contribution in [0.5, 0.6) is 11.5 Å². The highest BCUT2D eigenvalue weighted by Gasteiger charge is 2.14. The number of benzene rings is 2. The van der Waals surface area contributed by atoms with Crippen molar-refractivity contribution in [3.63, 3.8) is 0 Å². The number of ether oxygens (including phenoxy) is 1. The molecule has 0 fully saturated rings. The van der Waals surface area contributed by atoms with Crippen molar-refractivity contribution in [2.45, 2.75) is 26.9 Å². The van der Waals surface area contributed by atoms with Gasteiger partial charge in [-0.1, -0.05) is 12.1 Å². The standard InChI is InChI=1S/C17H16O4/c1-9(2)20-11-7-13(18)15-14(8-11)21-17-10(3)5-4-6-12(17)16(15)19/h4-9,18H,1-3H3. The second-order valence-corrected chi connectivity index (χ2v) is 5.36. The van der Waals surface area contributed by atoms with Crippen molar-refractivity contribution in [1.29, 1.82) is 0 Å². The van der Waals surface area contributed by atoms with Crippen LogP contribution in [-0.2, 0) is 0 Å². The minimum atomic E-state index is -0.233. The zero-order chi connectivity index (χ0) is 15.1. The van der Waals surface area contributed by atoms with Crippen molar-refractivity contribution < 1.29 is 14.3 Å². The van der Waals surface area contributed by atoms with Gasteiger partial charge in [0.1, 0.15) is 28.1 Å². The molecule has 0 radical (unpaired) electrons. The molecule has 3 rings (SSSR count). The van der Waals surface area contributed by atoms with Gasteiger partial charge in [0.15, 0.2) is 0 Å². The first-order chi connectivity index (χ1) is 9.97. The molecule has 108 valence electrons. The van der Waals surface area contributed by atoms with Crippen LogP contribution in [0.25, 0.3) is 21.9 Å². The number of hydrogen-bond acceptors (Lipinski definition) is 4. The molecule has 0 aliphatic heterocycles. The normalized spacial score (nSPS) is 11.4. The van der Waals surface area contributed by atoms with E-state index < -0.39 is 0 Å².